The molecule has 66 valence electrons. The summed E-state index contributed by atoms with van der Waals surface area (Å²) in [7, 11) is 0. The molecular weight excluding hydrogens is 171 g/mol. The average molecular weight is 184 g/mol. The molecule has 0 spiro atoms. The molecule has 1 atom stereocenters. The zero-order valence-electron chi connectivity index (χ0n) is 6.91. The van der Waals surface area contributed by atoms with E-state index in [1.165, 1.54) is 5.56 Å². The van der Waals surface area contributed by atoms with Gasteiger partial charge in [-0.3, -0.25) is 0 Å². The lowest BCUT2D eigenvalue weighted by Crippen LogP contribution is -1.91. The third-order valence-corrected chi connectivity index (χ3v) is 2.01. The first-order valence-corrected chi connectivity index (χ1v) is 4.67. The Morgan fingerprint density at radius 1 is 1.25 bits per heavy atom. The highest BCUT2D eigenvalue weighted by atomic mass is 32.1. The lowest BCUT2D eigenvalue weighted by atomic mass is 10.1. The molecule has 0 bridgehead atoms. The van der Waals surface area contributed by atoms with E-state index < -0.39 is 5.50 Å². The Morgan fingerprint density at radius 2 is 1.92 bits per heavy atom. The lowest BCUT2D eigenvalue weighted by Gasteiger charge is -2.01. The molecule has 0 heterocycles. The highest BCUT2D eigenvalue weighted by Crippen LogP contribution is 2.10. The lowest BCUT2D eigenvalue weighted by molar-refractivity contribution is 0.423. The molecule has 1 unspecified atom stereocenters. The molecule has 0 N–H and O–H groups in total. The summed E-state index contributed by atoms with van der Waals surface area (Å²) < 4.78 is 12.3. The van der Waals surface area contributed by atoms with Crippen LogP contribution in [0.3, 0.4) is 0 Å². The molecule has 1 aromatic carbocycles. The summed E-state index contributed by atoms with van der Waals surface area (Å²) in [5, 5.41) is 0. The zero-order valence-corrected chi connectivity index (χ0v) is 7.81. The van der Waals surface area contributed by atoms with Crippen LogP contribution in [0.5, 0.6) is 0 Å². The predicted molar refractivity (Wildman–Crippen MR) is 53.3 cm³/mol. The third-order valence-electron chi connectivity index (χ3n) is 1.75. The fourth-order valence-corrected chi connectivity index (χ4v) is 1.30. The van der Waals surface area contributed by atoms with Crippen LogP contribution in [0.4, 0.5) is 4.39 Å². The van der Waals surface area contributed by atoms with Gasteiger partial charge in [0, 0.05) is 0 Å². The maximum atomic E-state index is 12.3. The topological polar surface area (TPSA) is 0 Å². The van der Waals surface area contributed by atoms with Crippen molar-refractivity contribution in [2.75, 3.05) is 0 Å². The Kier molecular flexibility index (Phi) is 4.15. The van der Waals surface area contributed by atoms with Gasteiger partial charge in [-0.2, -0.15) is 0 Å². The van der Waals surface area contributed by atoms with Gasteiger partial charge in [0.2, 0.25) is 0 Å². The summed E-state index contributed by atoms with van der Waals surface area (Å²) in [6, 6.07) is 10.1. The summed E-state index contributed by atoms with van der Waals surface area (Å²) >= 11 is 3.68. The summed E-state index contributed by atoms with van der Waals surface area (Å²) in [5.41, 5.74) is 0.306. The van der Waals surface area contributed by atoms with Crippen molar-refractivity contribution in [1.82, 2.24) is 0 Å². The number of aryl methyl sites for hydroxylation is 1. The van der Waals surface area contributed by atoms with E-state index in [1.54, 1.807) is 0 Å². The van der Waals surface area contributed by atoms with Crippen molar-refractivity contribution in [3.63, 3.8) is 0 Å². The highest BCUT2D eigenvalue weighted by Gasteiger charge is 1.98. The molecule has 0 saturated carbocycles. The van der Waals surface area contributed by atoms with Gasteiger partial charge in [-0.25, -0.2) is 4.39 Å². The van der Waals surface area contributed by atoms with Crippen LogP contribution in [-0.4, -0.2) is 5.50 Å². The Balaban J connectivity index is 2.25. The van der Waals surface area contributed by atoms with Gasteiger partial charge in [0.15, 0.2) is 0 Å². The molecule has 12 heavy (non-hydrogen) atoms. The number of benzene rings is 1. The van der Waals surface area contributed by atoms with E-state index in [1.807, 2.05) is 18.2 Å². The van der Waals surface area contributed by atoms with Crippen LogP contribution in [0.25, 0.3) is 0 Å². The molecule has 2 heteroatoms. The van der Waals surface area contributed by atoms with Gasteiger partial charge in [-0.1, -0.05) is 30.3 Å². The molecule has 0 aliphatic carbocycles. The van der Waals surface area contributed by atoms with Gasteiger partial charge >= 0.3 is 0 Å². The fourth-order valence-electron chi connectivity index (χ4n) is 1.12. The van der Waals surface area contributed by atoms with E-state index in [0.29, 0.717) is 6.42 Å². The Labute approximate surface area is 78.2 Å². The first kappa shape index (κ1) is 9.59. The number of rotatable bonds is 4. The fraction of sp³-hybridized carbons (Fsp3) is 0.400. The first-order valence-electron chi connectivity index (χ1n) is 4.15. The molecule has 0 amide bonds. The van der Waals surface area contributed by atoms with Gasteiger partial charge in [-0.15, -0.1) is 12.6 Å². The van der Waals surface area contributed by atoms with Crippen LogP contribution in [0.1, 0.15) is 18.4 Å². The second-order valence-electron chi connectivity index (χ2n) is 2.81. The summed E-state index contributed by atoms with van der Waals surface area (Å²) in [5.74, 6) is 0. The summed E-state index contributed by atoms with van der Waals surface area (Å²) in [6.45, 7) is 0. The van der Waals surface area contributed by atoms with E-state index in [0.717, 1.165) is 12.8 Å². The van der Waals surface area contributed by atoms with Crippen LogP contribution < -0.4 is 0 Å². The second-order valence-corrected chi connectivity index (χ2v) is 3.37. The number of halogens is 1. The van der Waals surface area contributed by atoms with Crippen molar-refractivity contribution in [3.8, 4) is 0 Å². The Bertz CT molecular complexity index is 208. The summed E-state index contributed by atoms with van der Waals surface area (Å²) in [6.07, 6.45) is 2.36. The maximum absolute atomic E-state index is 12.3. The molecule has 0 aromatic heterocycles. The maximum Gasteiger partial charge on any atom is 0.143 e. The van der Waals surface area contributed by atoms with Crippen LogP contribution in [0.15, 0.2) is 30.3 Å². The van der Waals surface area contributed by atoms with Gasteiger partial charge < -0.3 is 0 Å². The molecule has 0 saturated heterocycles. The van der Waals surface area contributed by atoms with Crippen LogP contribution in [0, 0.1) is 0 Å². The second kappa shape index (κ2) is 5.20. The van der Waals surface area contributed by atoms with E-state index in [2.05, 4.69) is 24.8 Å². The monoisotopic (exact) mass is 184 g/mol. The number of alkyl halides is 1. The van der Waals surface area contributed by atoms with Crippen molar-refractivity contribution in [3.05, 3.63) is 35.9 Å². The zero-order chi connectivity index (χ0) is 8.81. The third kappa shape index (κ3) is 3.77. The van der Waals surface area contributed by atoms with Crippen LogP contribution in [0.2, 0.25) is 0 Å². The minimum atomic E-state index is -0.964. The largest absolute Gasteiger partial charge is 0.236 e. The predicted octanol–water partition coefficient (Wildman–Crippen LogP) is 3.23. The van der Waals surface area contributed by atoms with Gasteiger partial charge in [0.05, 0.1) is 0 Å². The van der Waals surface area contributed by atoms with E-state index in [9.17, 15) is 4.39 Å². The van der Waals surface area contributed by atoms with Crippen LogP contribution in [-0.2, 0) is 6.42 Å². The minimum Gasteiger partial charge on any atom is -0.236 e. The van der Waals surface area contributed by atoms with Crippen molar-refractivity contribution >= 4 is 12.6 Å². The van der Waals surface area contributed by atoms with E-state index in [-0.39, 0.29) is 0 Å². The average Bonchev–Trinajstić information content (AvgIpc) is 2.05. The SMILES string of the molecule is FC(S)CCCc1ccccc1. The smallest absolute Gasteiger partial charge is 0.143 e. The molecule has 0 aliphatic heterocycles. The summed E-state index contributed by atoms with van der Waals surface area (Å²) in [4.78, 5) is 0. The quantitative estimate of drug-likeness (QED) is 0.682. The van der Waals surface area contributed by atoms with E-state index in [4.69, 9.17) is 0 Å². The highest BCUT2D eigenvalue weighted by molar-refractivity contribution is 7.80. The van der Waals surface area contributed by atoms with Gasteiger partial charge in [-0.05, 0) is 24.8 Å². The number of hydrogen-bond acceptors (Lipinski definition) is 1. The molecular formula is C10H13FS. The molecule has 0 radical (unpaired) electrons. The number of thiol groups is 1. The van der Waals surface area contributed by atoms with Gasteiger partial charge in [0.25, 0.3) is 0 Å². The molecule has 0 aliphatic rings. The van der Waals surface area contributed by atoms with Crippen molar-refractivity contribution < 1.29 is 4.39 Å². The van der Waals surface area contributed by atoms with E-state index >= 15 is 0 Å². The molecule has 0 fully saturated rings. The minimum absolute atomic E-state index is 0.540. The standard InChI is InChI=1S/C10H13FS/c11-10(12)8-4-7-9-5-2-1-3-6-9/h1-3,5-6,10,12H,4,7-8H2. The van der Waals surface area contributed by atoms with Crippen molar-refractivity contribution in [2.45, 2.75) is 24.8 Å². The Hall–Kier alpha value is -0.500. The Morgan fingerprint density at radius 3 is 2.50 bits per heavy atom. The normalized spacial score (nSPS) is 12.8. The van der Waals surface area contributed by atoms with Crippen molar-refractivity contribution in [2.24, 2.45) is 0 Å². The number of hydrogen-bond donors (Lipinski definition) is 1. The van der Waals surface area contributed by atoms with Crippen molar-refractivity contribution in [1.29, 1.82) is 0 Å². The molecule has 1 rings (SSSR count). The van der Waals surface area contributed by atoms with Gasteiger partial charge in [0.1, 0.15) is 5.50 Å². The van der Waals surface area contributed by atoms with Crippen LogP contribution >= 0.6 is 12.6 Å². The molecule has 0 nitrogen and oxygen atoms in total. The molecule has 1 aromatic rings. The first-order chi connectivity index (χ1) is 5.79.